The van der Waals surface area contributed by atoms with E-state index in [4.69, 9.17) is 0 Å². The number of hydrogen-bond donors (Lipinski definition) is 1. The molecule has 24 heavy (non-hydrogen) atoms. The normalized spacial score (nSPS) is 11.0. The van der Waals surface area contributed by atoms with Gasteiger partial charge in [0.15, 0.2) is 5.78 Å². The second-order valence-electron chi connectivity index (χ2n) is 6.03. The van der Waals surface area contributed by atoms with Gasteiger partial charge in [0.1, 0.15) is 0 Å². The van der Waals surface area contributed by atoms with Gasteiger partial charge in [0.2, 0.25) is 0 Å². The van der Waals surface area contributed by atoms with E-state index in [-0.39, 0.29) is 18.2 Å². The largest absolute Gasteiger partial charge is 0.345 e. The maximum absolute atomic E-state index is 12.5. The molecule has 3 aromatic rings. The Kier molecular flexibility index (Phi) is 4.47. The minimum absolute atomic E-state index is 0.00980. The van der Waals surface area contributed by atoms with Crippen LogP contribution in [0.2, 0.25) is 0 Å². The number of nitrogens with zero attached hydrogens (tertiary/aromatic N) is 1. The zero-order valence-electron chi connectivity index (χ0n) is 13.8. The second-order valence-corrected chi connectivity index (χ2v) is 6.03. The fourth-order valence-electron chi connectivity index (χ4n) is 2.82. The quantitative estimate of drug-likeness (QED) is 0.726. The monoisotopic (exact) mass is 320 g/mol. The van der Waals surface area contributed by atoms with E-state index >= 15 is 0 Å². The van der Waals surface area contributed by atoms with Crippen LogP contribution in [-0.2, 0) is 0 Å². The van der Waals surface area contributed by atoms with Crippen molar-refractivity contribution in [3.05, 3.63) is 71.9 Å². The number of amides is 1. The van der Waals surface area contributed by atoms with Crippen LogP contribution in [0.1, 0.15) is 40.6 Å². The molecule has 0 atom stereocenters. The number of nitrogens with one attached hydrogen (secondary N) is 1. The molecule has 0 saturated heterocycles. The van der Waals surface area contributed by atoms with Crippen molar-refractivity contribution in [2.75, 3.05) is 6.54 Å². The number of hydrogen-bond acceptors (Lipinski definition) is 2. The number of Topliss-reactive ketones (excluding diaryl/α,β-unsaturated/α-hetero) is 1. The molecule has 0 aliphatic rings. The number of ketones is 1. The summed E-state index contributed by atoms with van der Waals surface area (Å²) in [6.07, 6.45) is 1.99. The van der Waals surface area contributed by atoms with Crippen molar-refractivity contribution >= 4 is 22.6 Å². The summed E-state index contributed by atoms with van der Waals surface area (Å²) in [5.74, 6) is -0.331. The zero-order valence-corrected chi connectivity index (χ0v) is 13.8. The molecule has 1 amide bonds. The van der Waals surface area contributed by atoms with E-state index in [0.29, 0.717) is 17.2 Å². The fraction of sp³-hybridized carbons (Fsp3) is 0.200. The van der Waals surface area contributed by atoms with Crippen molar-refractivity contribution in [2.45, 2.75) is 19.9 Å². The molecule has 4 heteroatoms. The van der Waals surface area contributed by atoms with Gasteiger partial charge in [-0.1, -0.05) is 36.4 Å². The topological polar surface area (TPSA) is 51.1 Å². The lowest BCUT2D eigenvalue weighted by Crippen LogP contribution is -2.29. The van der Waals surface area contributed by atoms with Crippen LogP contribution >= 0.6 is 0 Å². The molecule has 0 unspecified atom stereocenters. The Morgan fingerprint density at radius 3 is 2.46 bits per heavy atom. The predicted molar refractivity (Wildman–Crippen MR) is 95.4 cm³/mol. The van der Waals surface area contributed by atoms with Gasteiger partial charge in [0.05, 0.1) is 6.54 Å². The maximum atomic E-state index is 12.5. The number of carbonyl (C=O) groups is 2. The van der Waals surface area contributed by atoms with Gasteiger partial charge >= 0.3 is 0 Å². The minimum atomic E-state index is -0.230. The van der Waals surface area contributed by atoms with E-state index in [1.54, 1.807) is 18.2 Å². The average molecular weight is 320 g/mol. The molecule has 122 valence electrons. The maximum Gasteiger partial charge on any atom is 0.252 e. The van der Waals surface area contributed by atoms with Crippen LogP contribution in [0.5, 0.6) is 0 Å². The number of fused-ring (bicyclic) bond motifs is 1. The highest BCUT2D eigenvalue weighted by molar-refractivity contribution is 6.08. The van der Waals surface area contributed by atoms with Gasteiger partial charge in [-0.15, -0.1) is 0 Å². The third-order valence-corrected chi connectivity index (χ3v) is 4.07. The Morgan fingerprint density at radius 2 is 1.75 bits per heavy atom. The Bertz CT molecular complexity index is 879. The molecule has 1 N–H and O–H groups in total. The van der Waals surface area contributed by atoms with Crippen LogP contribution in [0.15, 0.2) is 60.8 Å². The lowest BCUT2D eigenvalue weighted by molar-refractivity contribution is 0.0905. The first kappa shape index (κ1) is 16.0. The summed E-state index contributed by atoms with van der Waals surface area (Å²) in [7, 11) is 0. The fourth-order valence-corrected chi connectivity index (χ4v) is 2.82. The third-order valence-electron chi connectivity index (χ3n) is 4.07. The molecule has 0 spiro atoms. The first-order chi connectivity index (χ1) is 11.6. The molecular formula is C20H20N2O2. The van der Waals surface area contributed by atoms with Gasteiger partial charge in [-0.25, -0.2) is 0 Å². The lowest BCUT2D eigenvalue weighted by Gasteiger charge is -2.10. The average Bonchev–Trinajstić information content (AvgIpc) is 3.04. The molecule has 0 radical (unpaired) electrons. The van der Waals surface area contributed by atoms with E-state index < -0.39 is 0 Å². The SMILES string of the molecule is CC(C)n1ccc2c(C(=O)NCC(=O)c3ccccc3)cccc21. The number of carbonyl (C=O) groups excluding carboxylic acids is 2. The standard InChI is InChI=1S/C20H20N2O2/c1-14(2)22-12-11-16-17(9-6-10-18(16)22)20(24)21-13-19(23)15-7-4-3-5-8-15/h3-12,14H,13H2,1-2H3,(H,21,24). The minimum Gasteiger partial charge on any atom is -0.345 e. The molecule has 4 nitrogen and oxygen atoms in total. The first-order valence-electron chi connectivity index (χ1n) is 8.04. The van der Waals surface area contributed by atoms with Crippen molar-refractivity contribution in [1.82, 2.24) is 9.88 Å². The van der Waals surface area contributed by atoms with E-state index in [9.17, 15) is 9.59 Å². The molecule has 0 saturated carbocycles. The molecule has 0 aliphatic heterocycles. The van der Waals surface area contributed by atoms with Gasteiger partial charge in [-0.3, -0.25) is 9.59 Å². The summed E-state index contributed by atoms with van der Waals surface area (Å²) in [6.45, 7) is 4.19. The van der Waals surface area contributed by atoms with Gasteiger partial charge in [-0.2, -0.15) is 0 Å². The van der Waals surface area contributed by atoms with E-state index in [1.807, 2.05) is 42.6 Å². The van der Waals surface area contributed by atoms with Crippen LogP contribution in [0.25, 0.3) is 10.9 Å². The highest BCUT2D eigenvalue weighted by Gasteiger charge is 2.14. The van der Waals surface area contributed by atoms with Crippen molar-refractivity contribution in [2.24, 2.45) is 0 Å². The van der Waals surface area contributed by atoms with Crippen LogP contribution in [-0.4, -0.2) is 22.8 Å². The summed E-state index contributed by atoms with van der Waals surface area (Å²) in [6, 6.07) is 16.9. The van der Waals surface area contributed by atoms with Gasteiger partial charge in [0.25, 0.3) is 5.91 Å². The van der Waals surface area contributed by atoms with E-state index in [2.05, 4.69) is 23.7 Å². The van der Waals surface area contributed by atoms with Gasteiger partial charge in [0, 0.05) is 34.3 Å². The van der Waals surface area contributed by atoms with Crippen molar-refractivity contribution in [3.63, 3.8) is 0 Å². The van der Waals surface area contributed by atoms with Crippen molar-refractivity contribution in [1.29, 1.82) is 0 Å². The highest BCUT2D eigenvalue weighted by Crippen LogP contribution is 2.23. The van der Waals surface area contributed by atoms with Crippen molar-refractivity contribution in [3.8, 4) is 0 Å². The second kappa shape index (κ2) is 6.71. The van der Waals surface area contributed by atoms with E-state index in [0.717, 1.165) is 10.9 Å². The summed E-state index contributed by atoms with van der Waals surface area (Å²) in [4.78, 5) is 24.6. The number of benzene rings is 2. The predicted octanol–water partition coefficient (Wildman–Crippen LogP) is 3.83. The Labute approximate surface area is 141 Å². The molecule has 0 fully saturated rings. The Balaban J connectivity index is 1.78. The molecule has 1 heterocycles. The van der Waals surface area contributed by atoms with Gasteiger partial charge < -0.3 is 9.88 Å². The molecule has 1 aromatic heterocycles. The smallest absolute Gasteiger partial charge is 0.252 e. The molecular weight excluding hydrogens is 300 g/mol. The summed E-state index contributed by atoms with van der Waals surface area (Å²) >= 11 is 0. The van der Waals surface area contributed by atoms with Crippen LogP contribution in [0.4, 0.5) is 0 Å². The summed E-state index contributed by atoms with van der Waals surface area (Å²) < 4.78 is 2.13. The van der Waals surface area contributed by atoms with Crippen LogP contribution in [0.3, 0.4) is 0 Å². The summed E-state index contributed by atoms with van der Waals surface area (Å²) in [5, 5.41) is 3.63. The van der Waals surface area contributed by atoms with Crippen LogP contribution in [0, 0.1) is 0 Å². The summed E-state index contributed by atoms with van der Waals surface area (Å²) in [5.41, 5.74) is 2.21. The van der Waals surface area contributed by atoms with Crippen LogP contribution < -0.4 is 5.32 Å². The molecule has 0 bridgehead atoms. The lowest BCUT2D eigenvalue weighted by atomic mass is 10.1. The molecule has 3 rings (SSSR count). The third kappa shape index (κ3) is 3.08. The highest BCUT2D eigenvalue weighted by atomic mass is 16.2. The Morgan fingerprint density at radius 1 is 1.00 bits per heavy atom. The van der Waals surface area contributed by atoms with E-state index in [1.165, 1.54) is 0 Å². The number of rotatable bonds is 5. The molecule has 2 aromatic carbocycles. The van der Waals surface area contributed by atoms with Gasteiger partial charge in [-0.05, 0) is 32.0 Å². The molecule has 0 aliphatic carbocycles. The zero-order chi connectivity index (χ0) is 17.1. The first-order valence-corrected chi connectivity index (χ1v) is 8.04. The Hall–Kier alpha value is -2.88. The van der Waals surface area contributed by atoms with Crippen molar-refractivity contribution < 1.29 is 9.59 Å². The number of aromatic nitrogens is 1.